The Kier molecular flexibility index (Phi) is 21.3. The number of carbonyl (C=O) groups is 4. The van der Waals surface area contributed by atoms with Crippen molar-refractivity contribution in [2.75, 3.05) is 18.1 Å². The fourth-order valence-corrected chi connectivity index (χ4v) is 8.61. The fourth-order valence-electron chi connectivity index (χ4n) is 7.35. The minimum Gasteiger partial charge on any atom is -0.481 e. The van der Waals surface area contributed by atoms with Gasteiger partial charge in [0, 0.05) is 24.5 Å². The molecule has 1 amide bonds. The van der Waals surface area contributed by atoms with Gasteiger partial charge in [-0.3, -0.25) is 9.59 Å². The number of benzene rings is 2. The zero-order valence-electron chi connectivity index (χ0n) is 33.7. The predicted octanol–water partition coefficient (Wildman–Crippen LogP) is 11.2. The van der Waals surface area contributed by atoms with Crippen molar-refractivity contribution in [1.82, 2.24) is 5.32 Å². The summed E-state index contributed by atoms with van der Waals surface area (Å²) in [4.78, 5) is 48.1. The van der Waals surface area contributed by atoms with Gasteiger partial charge in [0.2, 0.25) is 0 Å². The highest BCUT2D eigenvalue weighted by atomic mass is 32.2. The number of ether oxygens (including phenoxy) is 2. The summed E-state index contributed by atoms with van der Waals surface area (Å²) in [6, 6.07) is 15.6. The fraction of sp³-hybridized carbons (Fsp3) is 0.644. The number of unbranched alkanes of at least 4 members (excludes halogenated alkanes) is 13. The molecule has 0 unspecified atom stereocenters. The number of amides is 1. The summed E-state index contributed by atoms with van der Waals surface area (Å²) in [5.41, 5.74) is 3.88. The Balaban J connectivity index is 1.50. The van der Waals surface area contributed by atoms with Crippen LogP contribution >= 0.6 is 11.8 Å². The van der Waals surface area contributed by atoms with Crippen molar-refractivity contribution in [1.29, 1.82) is 0 Å². The summed E-state index contributed by atoms with van der Waals surface area (Å²) in [7, 11) is 0. The van der Waals surface area contributed by atoms with Gasteiger partial charge in [0.15, 0.2) is 0 Å². The second-order valence-corrected chi connectivity index (χ2v) is 17.2. The maximum absolute atomic E-state index is 13.4. The van der Waals surface area contributed by atoms with Crippen LogP contribution in [0.15, 0.2) is 48.5 Å². The van der Waals surface area contributed by atoms with Gasteiger partial charge in [0.25, 0.3) is 0 Å². The molecule has 10 heteroatoms. The van der Waals surface area contributed by atoms with Gasteiger partial charge in [0.05, 0.1) is 0 Å². The van der Waals surface area contributed by atoms with Crippen molar-refractivity contribution in [2.24, 2.45) is 5.92 Å². The van der Waals surface area contributed by atoms with Crippen molar-refractivity contribution in [3.63, 3.8) is 0 Å². The van der Waals surface area contributed by atoms with Gasteiger partial charge < -0.3 is 25.0 Å². The molecule has 0 heterocycles. The number of esters is 1. The molecule has 1 aliphatic carbocycles. The third-order valence-electron chi connectivity index (χ3n) is 10.2. The van der Waals surface area contributed by atoms with E-state index in [0.717, 1.165) is 118 Å². The number of carbonyl (C=O) groups excluding carboxylic acids is 2. The molecule has 0 bridgehead atoms. The predicted molar refractivity (Wildman–Crippen MR) is 222 cm³/mol. The topological polar surface area (TPSA) is 139 Å². The molecule has 0 aromatic heterocycles. The van der Waals surface area contributed by atoms with Crippen LogP contribution in [0.5, 0.6) is 0 Å². The molecule has 3 rings (SSSR count). The molecule has 3 N–H and O–H groups in total. The Morgan fingerprint density at radius 3 is 1.55 bits per heavy atom. The van der Waals surface area contributed by atoms with Crippen molar-refractivity contribution < 1.29 is 38.9 Å². The lowest BCUT2D eigenvalue weighted by molar-refractivity contribution is -0.156. The number of rotatable bonds is 29. The first-order chi connectivity index (χ1) is 26.4. The van der Waals surface area contributed by atoms with Gasteiger partial charge >= 0.3 is 24.0 Å². The number of nitrogens with one attached hydrogen (secondary N) is 1. The van der Waals surface area contributed by atoms with E-state index in [4.69, 9.17) is 19.7 Å². The Labute approximate surface area is 334 Å². The molecule has 0 radical (unpaired) electrons. The Morgan fingerprint density at radius 2 is 1.09 bits per heavy atom. The summed E-state index contributed by atoms with van der Waals surface area (Å²) in [6.07, 6.45) is 18.2. The van der Waals surface area contributed by atoms with Crippen LogP contribution in [-0.4, -0.2) is 64.0 Å². The zero-order valence-corrected chi connectivity index (χ0v) is 34.5. The summed E-state index contributed by atoms with van der Waals surface area (Å²) in [5.74, 6) is -0.177. The number of hydrogen-bond acceptors (Lipinski definition) is 7. The van der Waals surface area contributed by atoms with Gasteiger partial charge in [-0.05, 0) is 80.4 Å². The number of hydrogen-bond donors (Lipinski definition) is 3. The first-order valence-electron chi connectivity index (χ1n) is 20.8. The summed E-state index contributed by atoms with van der Waals surface area (Å²) < 4.78 is 11.5. The molecule has 2 aromatic rings. The first kappa shape index (κ1) is 45.9. The second-order valence-electron chi connectivity index (χ2n) is 16.1. The Hall–Kier alpha value is -3.53. The van der Waals surface area contributed by atoms with Crippen LogP contribution in [0.25, 0.3) is 11.1 Å². The van der Waals surface area contributed by atoms with Crippen molar-refractivity contribution in [2.45, 2.75) is 160 Å². The lowest BCUT2D eigenvalue weighted by atomic mass is 9.95. The van der Waals surface area contributed by atoms with Crippen LogP contribution in [0.1, 0.15) is 160 Å². The van der Waals surface area contributed by atoms with E-state index in [9.17, 15) is 19.2 Å². The highest BCUT2D eigenvalue weighted by Gasteiger charge is 2.31. The maximum atomic E-state index is 13.4. The van der Waals surface area contributed by atoms with E-state index in [-0.39, 0.29) is 25.4 Å². The number of fused-ring (bicyclic) bond motifs is 3. The molecule has 0 aliphatic heterocycles. The molecule has 2 atom stereocenters. The van der Waals surface area contributed by atoms with E-state index in [1.54, 1.807) is 11.8 Å². The molecular weight excluding hydrogens is 715 g/mol. The number of carboxylic acids is 2. The third kappa shape index (κ3) is 18.8. The summed E-state index contributed by atoms with van der Waals surface area (Å²) in [6.45, 7) is 5.65. The smallest absolute Gasteiger partial charge is 0.407 e. The standard InChI is InChI=1S/C45H67NO8S/c1-45(2,3)54-43(51)40(46-44(52)53-31-39-37-27-21-19-25-35(37)36-26-20-22-28-38(36)39)33-55-32-34(24-16-12-8-6-10-14-18-30-42(49)50)23-15-11-7-4-5-9-13-17-29-41(47)48/h19-22,25-28,34,39-40H,4-18,23-24,29-33H2,1-3H3,(H,46,52)(H,47,48)(H,49,50)/t34-,40+/m1/s1. The molecule has 0 saturated heterocycles. The molecular formula is C45H67NO8S. The van der Waals surface area contributed by atoms with Gasteiger partial charge in [0.1, 0.15) is 18.2 Å². The lowest BCUT2D eigenvalue weighted by Gasteiger charge is -2.25. The second kappa shape index (κ2) is 25.6. The molecule has 0 saturated carbocycles. The quantitative estimate of drug-likeness (QED) is 0.0543. The molecule has 55 heavy (non-hydrogen) atoms. The number of alkyl carbamates (subject to hydrolysis) is 1. The molecule has 2 aromatic carbocycles. The highest BCUT2D eigenvalue weighted by molar-refractivity contribution is 7.99. The van der Waals surface area contributed by atoms with Gasteiger partial charge in [-0.1, -0.05) is 132 Å². The van der Waals surface area contributed by atoms with E-state index in [1.807, 2.05) is 45.0 Å². The maximum Gasteiger partial charge on any atom is 0.407 e. The number of carboxylic acid groups (broad SMARTS) is 2. The van der Waals surface area contributed by atoms with Crippen LogP contribution in [0.4, 0.5) is 4.79 Å². The minimum atomic E-state index is -0.836. The van der Waals surface area contributed by atoms with Gasteiger partial charge in [-0.2, -0.15) is 11.8 Å². The first-order valence-corrected chi connectivity index (χ1v) is 22.0. The van der Waals surface area contributed by atoms with Crippen LogP contribution in [0, 0.1) is 5.92 Å². The molecule has 0 spiro atoms. The van der Waals surface area contributed by atoms with Crippen LogP contribution in [0.3, 0.4) is 0 Å². The number of thioether (sulfide) groups is 1. The normalized spacial score (nSPS) is 13.4. The largest absolute Gasteiger partial charge is 0.481 e. The van der Waals surface area contributed by atoms with E-state index in [1.165, 1.54) is 19.3 Å². The minimum absolute atomic E-state index is 0.0750. The SMILES string of the molecule is CC(C)(C)OC(=O)[C@H](CSC[C@H](CCCCCCCCCCC(=O)O)CCCCCCCCCC(=O)O)NC(=O)OCC1c2ccccc2-c2ccccc21. The van der Waals surface area contributed by atoms with Crippen molar-refractivity contribution >= 4 is 35.8 Å². The highest BCUT2D eigenvalue weighted by Crippen LogP contribution is 2.44. The molecule has 306 valence electrons. The van der Waals surface area contributed by atoms with Crippen molar-refractivity contribution in [3.8, 4) is 11.1 Å². The number of aliphatic carboxylic acids is 2. The average molecular weight is 782 g/mol. The summed E-state index contributed by atoms with van der Waals surface area (Å²) in [5, 5.41) is 20.5. The molecule has 1 aliphatic rings. The van der Waals surface area contributed by atoms with Crippen LogP contribution in [-0.2, 0) is 23.9 Å². The van der Waals surface area contributed by atoms with Gasteiger partial charge in [-0.15, -0.1) is 0 Å². The Morgan fingerprint density at radius 1 is 0.655 bits per heavy atom. The van der Waals surface area contributed by atoms with E-state index in [2.05, 4.69) is 29.6 Å². The van der Waals surface area contributed by atoms with Crippen LogP contribution in [0.2, 0.25) is 0 Å². The zero-order chi connectivity index (χ0) is 39.9. The van der Waals surface area contributed by atoms with Crippen LogP contribution < -0.4 is 5.32 Å². The Bertz CT molecular complexity index is 1410. The summed E-state index contributed by atoms with van der Waals surface area (Å²) >= 11 is 1.69. The van der Waals surface area contributed by atoms with E-state index in [0.29, 0.717) is 11.7 Å². The third-order valence-corrected chi connectivity index (χ3v) is 11.5. The van der Waals surface area contributed by atoms with Crippen molar-refractivity contribution in [3.05, 3.63) is 59.7 Å². The van der Waals surface area contributed by atoms with Gasteiger partial charge in [-0.25, -0.2) is 9.59 Å². The molecule has 9 nitrogen and oxygen atoms in total. The van der Waals surface area contributed by atoms with E-state index < -0.39 is 35.6 Å². The lowest BCUT2D eigenvalue weighted by Crippen LogP contribution is -2.46. The van der Waals surface area contributed by atoms with E-state index >= 15 is 0 Å². The average Bonchev–Trinajstić information content (AvgIpc) is 3.45. The monoisotopic (exact) mass is 781 g/mol. The molecule has 0 fully saturated rings.